The van der Waals surface area contributed by atoms with Crippen LogP contribution in [0.1, 0.15) is 139 Å². The van der Waals surface area contributed by atoms with E-state index in [4.69, 9.17) is 42.6 Å². The molecule has 6 N–H and O–H groups in total. The molecule has 9 aromatic rings. The van der Waals surface area contributed by atoms with Gasteiger partial charge < -0.3 is 41.4 Å². The number of amides is 4. The lowest BCUT2D eigenvalue weighted by Gasteiger charge is -2.26. The Morgan fingerprint density at radius 1 is 0.549 bits per heavy atom. The van der Waals surface area contributed by atoms with Crippen LogP contribution in [-0.2, 0) is 61.6 Å². The molecule has 2 aliphatic heterocycles. The van der Waals surface area contributed by atoms with Gasteiger partial charge in [0.1, 0.15) is 6.29 Å². The molecule has 91 heavy (non-hydrogen) atoms. The third-order valence-corrected chi connectivity index (χ3v) is 17.8. The van der Waals surface area contributed by atoms with Gasteiger partial charge >= 0.3 is 0 Å². The number of nitrogens with one attached hydrogen (secondary N) is 6. The zero-order valence-corrected chi connectivity index (χ0v) is 54.4. The molecule has 0 spiro atoms. The van der Waals surface area contributed by atoms with E-state index in [1.54, 1.807) is 78.9 Å². The second-order valence-corrected chi connectivity index (χ2v) is 23.9. The standard InChI is InChI=1S/C38H39ClN6O4.C31H34BrClN6O3/c1-3-34-31(35(43-29-13-15-49-16-14-29)32-22-42-45(4-2)36(32)44-34)21-41-38(48)28-10-6-9-27(19-28)37(47)40-20-24-11-12-33(39)30(18-24)26-8-5-7-25(17-26)23-46;1-3-27-23(28(37-22-10-12-42-13-11-22)24-18-36-39(4-2)29(24)38-27)17-35-31(41)21-7-5-6-20(15-21)30(40)34-16-19-8-9-26(33)25(32)14-19/h5-12,17-19,22-23,29H,3-4,13-16,20-21H2,1-2H3,(H,40,47)(H,41,48)(H,43,44);5-9,14-15,18,22H,3-4,10-13,16-17H2,1-2H3,(H,34,40)(H,35,41)(H,37,38). The molecule has 6 heterocycles. The normalized spacial score (nSPS) is 13.5. The van der Waals surface area contributed by atoms with Gasteiger partial charge in [0.15, 0.2) is 11.3 Å². The van der Waals surface area contributed by atoms with E-state index in [0.29, 0.717) is 96.8 Å². The quantitative estimate of drug-likeness (QED) is 0.0347. The highest BCUT2D eigenvalue weighted by molar-refractivity contribution is 9.10. The number of fused-ring (bicyclic) bond motifs is 2. The number of aryl methyl sites for hydroxylation is 4. The summed E-state index contributed by atoms with van der Waals surface area (Å²) in [5.74, 6) is -1.14. The molecular formula is C69H73BrCl2N12O7. The van der Waals surface area contributed by atoms with Crippen LogP contribution in [-0.4, -0.2) is 98.0 Å². The summed E-state index contributed by atoms with van der Waals surface area (Å²) in [4.78, 5) is 74.1. The van der Waals surface area contributed by atoms with Crippen LogP contribution in [0, 0.1) is 0 Å². The van der Waals surface area contributed by atoms with E-state index in [-0.39, 0.29) is 55.3 Å². The number of hydrogen-bond donors (Lipinski definition) is 6. The van der Waals surface area contributed by atoms with Crippen LogP contribution in [0.3, 0.4) is 0 Å². The van der Waals surface area contributed by atoms with E-state index >= 15 is 0 Å². The molecular weight excluding hydrogens is 1260 g/mol. The van der Waals surface area contributed by atoms with Crippen LogP contribution in [0.4, 0.5) is 11.4 Å². The number of hydrogen-bond acceptors (Lipinski definition) is 13. The summed E-state index contributed by atoms with van der Waals surface area (Å²) in [5.41, 5.74) is 12.7. The first-order chi connectivity index (χ1) is 44.2. The Labute approximate surface area is 546 Å². The molecule has 2 aliphatic rings. The predicted octanol–water partition coefficient (Wildman–Crippen LogP) is 12.5. The van der Waals surface area contributed by atoms with Crippen molar-refractivity contribution in [3.05, 3.63) is 198 Å². The van der Waals surface area contributed by atoms with E-state index in [1.807, 2.05) is 65.9 Å². The van der Waals surface area contributed by atoms with Crippen LogP contribution in [0.5, 0.6) is 0 Å². The molecule has 11 rings (SSSR count). The molecule has 0 saturated carbocycles. The van der Waals surface area contributed by atoms with Crippen LogP contribution in [0.15, 0.2) is 126 Å². The maximum Gasteiger partial charge on any atom is 0.251 e. The van der Waals surface area contributed by atoms with Crippen molar-refractivity contribution in [1.29, 1.82) is 0 Å². The number of nitrogens with zero attached hydrogens (tertiary/aromatic N) is 6. The molecule has 2 saturated heterocycles. The van der Waals surface area contributed by atoms with Crippen molar-refractivity contribution in [1.82, 2.24) is 50.8 Å². The first kappa shape index (κ1) is 65.4. The summed E-state index contributed by atoms with van der Waals surface area (Å²) in [5, 5.41) is 31.6. The lowest BCUT2D eigenvalue weighted by atomic mass is 10.0. The SMILES string of the molecule is CCc1nc2c(cnn2CC)c(NC2CCOCC2)c1CNC(=O)c1cccc(C(=O)NCc2ccc(Cl)c(-c3cccc(C=O)c3)c2)c1.CCc1nc2c(cnn2CC)c(NC2CCOCC2)c1CNC(=O)c1cccc(C(=O)NCc2ccc(Cl)c(Br)c2)c1. The first-order valence-electron chi connectivity index (χ1n) is 30.8. The van der Waals surface area contributed by atoms with Gasteiger partial charge in [-0.05, 0) is 152 Å². The molecule has 472 valence electrons. The number of carbonyl (C=O) groups is 5. The molecule has 0 aliphatic carbocycles. The minimum atomic E-state index is -0.312. The van der Waals surface area contributed by atoms with Crippen molar-refractivity contribution in [2.45, 2.75) is 118 Å². The highest BCUT2D eigenvalue weighted by Crippen LogP contribution is 2.34. The fourth-order valence-electron chi connectivity index (χ4n) is 11.2. The Morgan fingerprint density at radius 3 is 1.41 bits per heavy atom. The van der Waals surface area contributed by atoms with Gasteiger partial charge in [-0.25, -0.2) is 19.3 Å². The molecule has 4 amide bonds. The number of ether oxygens (including phenoxy) is 2. The van der Waals surface area contributed by atoms with Gasteiger partial charge in [-0.2, -0.15) is 10.2 Å². The summed E-state index contributed by atoms with van der Waals surface area (Å²) in [6.07, 6.45) is 9.48. The molecule has 5 aromatic carbocycles. The number of halogens is 3. The average Bonchev–Trinajstić information content (AvgIpc) is 2.01. The van der Waals surface area contributed by atoms with Crippen molar-refractivity contribution in [2.75, 3.05) is 37.1 Å². The van der Waals surface area contributed by atoms with Gasteiger partial charge in [-0.3, -0.25) is 24.0 Å². The maximum absolute atomic E-state index is 13.5. The lowest BCUT2D eigenvalue weighted by molar-refractivity contribution is 0.0903. The largest absolute Gasteiger partial charge is 0.381 e. The Kier molecular flexibility index (Phi) is 22.3. The van der Waals surface area contributed by atoms with E-state index in [0.717, 1.165) is 115 Å². The summed E-state index contributed by atoms with van der Waals surface area (Å²) < 4.78 is 15.7. The highest BCUT2D eigenvalue weighted by Gasteiger charge is 2.25. The molecule has 0 bridgehead atoms. The summed E-state index contributed by atoms with van der Waals surface area (Å²) in [6, 6.07) is 32.1. The van der Waals surface area contributed by atoms with Crippen LogP contribution in [0.2, 0.25) is 10.0 Å². The van der Waals surface area contributed by atoms with Crippen LogP contribution < -0.4 is 31.9 Å². The zero-order valence-electron chi connectivity index (χ0n) is 51.3. The molecule has 0 atom stereocenters. The van der Waals surface area contributed by atoms with Gasteiger partial charge in [0.2, 0.25) is 0 Å². The van der Waals surface area contributed by atoms with Crippen molar-refractivity contribution < 1.29 is 33.4 Å². The predicted molar refractivity (Wildman–Crippen MR) is 359 cm³/mol. The highest BCUT2D eigenvalue weighted by atomic mass is 79.9. The van der Waals surface area contributed by atoms with Crippen LogP contribution in [0.25, 0.3) is 33.2 Å². The number of carbonyl (C=O) groups excluding carboxylic acids is 5. The number of aldehydes is 1. The molecule has 2 fully saturated rings. The first-order valence-corrected chi connectivity index (χ1v) is 32.3. The fourth-order valence-corrected chi connectivity index (χ4v) is 12.0. The van der Waals surface area contributed by atoms with E-state index in [9.17, 15) is 24.0 Å². The van der Waals surface area contributed by atoms with Crippen LogP contribution >= 0.6 is 39.1 Å². The minimum absolute atomic E-state index is 0.242. The van der Waals surface area contributed by atoms with E-state index in [1.165, 1.54) is 0 Å². The van der Waals surface area contributed by atoms with Crippen molar-refractivity contribution in [2.24, 2.45) is 0 Å². The summed E-state index contributed by atoms with van der Waals surface area (Å²) >= 11 is 15.9. The van der Waals surface area contributed by atoms with Crippen molar-refractivity contribution in [3.8, 4) is 11.1 Å². The minimum Gasteiger partial charge on any atom is -0.381 e. The van der Waals surface area contributed by atoms with Crippen molar-refractivity contribution >= 4 is 102 Å². The molecule has 22 heteroatoms. The second-order valence-electron chi connectivity index (χ2n) is 22.2. The lowest BCUT2D eigenvalue weighted by Crippen LogP contribution is -2.30. The van der Waals surface area contributed by atoms with Crippen molar-refractivity contribution in [3.63, 3.8) is 0 Å². The summed E-state index contributed by atoms with van der Waals surface area (Å²) in [7, 11) is 0. The molecule has 0 radical (unpaired) electrons. The number of rotatable bonds is 22. The van der Waals surface area contributed by atoms with Gasteiger partial charge in [0.05, 0.1) is 39.6 Å². The second kappa shape index (κ2) is 31.0. The Hall–Kier alpha value is -8.53. The Bertz CT molecular complexity index is 4120. The number of anilines is 2. The van der Waals surface area contributed by atoms with E-state index in [2.05, 4.69) is 71.9 Å². The van der Waals surface area contributed by atoms with Gasteiger partial charge in [0, 0.05) is 143 Å². The third-order valence-electron chi connectivity index (χ3n) is 16.2. The third kappa shape index (κ3) is 16.0. The number of benzene rings is 5. The fraction of sp³-hybridized carbons (Fsp3) is 0.319. The number of aromatic nitrogens is 6. The maximum atomic E-state index is 13.5. The summed E-state index contributed by atoms with van der Waals surface area (Å²) in [6.45, 7) is 13.6. The zero-order chi connectivity index (χ0) is 64.0. The molecule has 4 aromatic heterocycles. The smallest absolute Gasteiger partial charge is 0.251 e. The monoisotopic (exact) mass is 1330 g/mol. The van der Waals surface area contributed by atoms with Gasteiger partial charge in [-0.1, -0.05) is 79.5 Å². The van der Waals surface area contributed by atoms with E-state index < -0.39 is 0 Å². The topological polar surface area (TPSA) is 237 Å². The number of pyridine rings is 2. The Morgan fingerprint density at radius 2 is 0.978 bits per heavy atom. The van der Waals surface area contributed by atoms with Gasteiger partial charge in [-0.15, -0.1) is 0 Å². The Balaban J connectivity index is 0.000000202. The molecule has 19 nitrogen and oxygen atoms in total. The van der Waals surface area contributed by atoms with Gasteiger partial charge in [0.25, 0.3) is 23.6 Å². The molecule has 0 unspecified atom stereocenters. The average molecular weight is 1330 g/mol.